The van der Waals surface area contributed by atoms with Gasteiger partial charge in [-0.2, -0.15) is 0 Å². The van der Waals surface area contributed by atoms with Crippen LogP contribution in [0.2, 0.25) is 0 Å². The van der Waals surface area contributed by atoms with E-state index < -0.39 is 6.10 Å². The van der Waals surface area contributed by atoms with Gasteiger partial charge in [-0.1, -0.05) is 0 Å². The lowest BCUT2D eigenvalue weighted by molar-refractivity contribution is 0.121. The largest absolute Gasteiger partial charge is 0.487 e. The number of rotatable bonds is 4. The minimum Gasteiger partial charge on any atom is -0.487 e. The third kappa shape index (κ3) is 3.91. The molecule has 5 heteroatoms. The van der Waals surface area contributed by atoms with Crippen LogP contribution in [0.5, 0.6) is 5.75 Å². The summed E-state index contributed by atoms with van der Waals surface area (Å²) in [5.41, 5.74) is 5.30. The number of hydrogen-bond donors (Lipinski definition) is 2. The van der Waals surface area contributed by atoms with Crippen molar-refractivity contribution in [2.75, 3.05) is 13.2 Å². The average Bonchev–Trinajstić information content (AvgIpc) is 2.17. The fraction of sp³-hybridized carbons (Fsp3) is 0.333. The highest BCUT2D eigenvalue weighted by atomic mass is 35.5. The van der Waals surface area contributed by atoms with Crippen molar-refractivity contribution in [3.05, 3.63) is 30.1 Å². The first-order valence-electron chi connectivity index (χ1n) is 3.99. The van der Waals surface area contributed by atoms with E-state index in [2.05, 4.69) is 0 Å². The smallest absolute Gasteiger partial charge is 0.134 e. The molecule has 80 valence electrons. The highest BCUT2D eigenvalue weighted by Gasteiger charge is 2.05. The van der Waals surface area contributed by atoms with Crippen molar-refractivity contribution in [3.63, 3.8) is 0 Å². The fourth-order valence-corrected chi connectivity index (χ4v) is 0.866. The molecule has 0 saturated heterocycles. The number of aliphatic hydroxyl groups excluding tert-OH is 1. The van der Waals surface area contributed by atoms with Crippen LogP contribution in [0.4, 0.5) is 4.39 Å². The fourth-order valence-electron chi connectivity index (χ4n) is 0.866. The van der Waals surface area contributed by atoms with Crippen molar-refractivity contribution in [1.82, 2.24) is 0 Å². The van der Waals surface area contributed by atoms with Gasteiger partial charge in [-0.3, -0.25) is 0 Å². The number of halogens is 2. The molecule has 0 saturated carbocycles. The molecule has 0 aliphatic heterocycles. The Morgan fingerprint density at radius 1 is 1.36 bits per heavy atom. The van der Waals surface area contributed by atoms with Gasteiger partial charge in [0.15, 0.2) is 0 Å². The highest BCUT2D eigenvalue weighted by molar-refractivity contribution is 5.85. The Morgan fingerprint density at radius 2 is 1.93 bits per heavy atom. The Hall–Kier alpha value is -0.840. The number of aliphatic hydroxyl groups is 1. The molecular formula is C9H13ClFNO2. The van der Waals surface area contributed by atoms with Crippen LogP contribution < -0.4 is 10.5 Å². The number of benzene rings is 1. The van der Waals surface area contributed by atoms with Crippen molar-refractivity contribution in [3.8, 4) is 5.75 Å². The topological polar surface area (TPSA) is 55.5 Å². The maximum Gasteiger partial charge on any atom is 0.134 e. The lowest BCUT2D eigenvalue weighted by atomic mass is 10.3. The summed E-state index contributed by atoms with van der Waals surface area (Å²) in [6.07, 6.45) is -0.425. The van der Waals surface area contributed by atoms with Gasteiger partial charge in [0.05, 0.1) is 6.61 Å². The summed E-state index contributed by atoms with van der Waals surface area (Å²) in [6, 6.07) is 5.57. The van der Waals surface area contributed by atoms with Gasteiger partial charge in [-0.25, -0.2) is 4.39 Å². The molecule has 0 radical (unpaired) electrons. The lowest BCUT2D eigenvalue weighted by Crippen LogP contribution is -2.30. The van der Waals surface area contributed by atoms with Crippen molar-refractivity contribution in [2.45, 2.75) is 6.10 Å². The second-order valence-corrected chi connectivity index (χ2v) is 2.61. The molecule has 0 bridgehead atoms. The molecule has 0 aromatic heterocycles. The Kier molecular flexibility index (Phi) is 6.19. The van der Waals surface area contributed by atoms with E-state index >= 15 is 0 Å². The summed E-state index contributed by atoms with van der Waals surface area (Å²) in [7, 11) is 0. The van der Waals surface area contributed by atoms with Crippen molar-refractivity contribution >= 4 is 12.4 Å². The quantitative estimate of drug-likeness (QED) is 0.796. The molecule has 3 N–H and O–H groups in total. The van der Waals surface area contributed by atoms with Gasteiger partial charge in [-0.15, -0.1) is 12.4 Å². The lowest BCUT2D eigenvalue weighted by Gasteiger charge is -2.14. The van der Waals surface area contributed by atoms with E-state index in [0.717, 1.165) is 0 Å². The molecule has 1 rings (SSSR count). The molecule has 0 spiro atoms. The zero-order valence-electron chi connectivity index (χ0n) is 7.52. The molecule has 1 atom stereocenters. The first-order valence-corrected chi connectivity index (χ1v) is 3.99. The second-order valence-electron chi connectivity index (χ2n) is 2.61. The van der Waals surface area contributed by atoms with Crippen LogP contribution in [0.3, 0.4) is 0 Å². The minimum absolute atomic E-state index is 0. The summed E-state index contributed by atoms with van der Waals surface area (Å²) in [5, 5.41) is 8.76. The van der Waals surface area contributed by atoms with E-state index in [4.69, 9.17) is 15.6 Å². The zero-order chi connectivity index (χ0) is 9.68. The third-order valence-electron chi connectivity index (χ3n) is 1.58. The normalized spacial score (nSPS) is 11.6. The Labute approximate surface area is 88.1 Å². The monoisotopic (exact) mass is 221 g/mol. The zero-order valence-corrected chi connectivity index (χ0v) is 8.34. The van der Waals surface area contributed by atoms with E-state index in [1.807, 2.05) is 0 Å². The first kappa shape index (κ1) is 13.2. The number of nitrogens with two attached hydrogens (primary N) is 1. The minimum atomic E-state index is -0.425. The summed E-state index contributed by atoms with van der Waals surface area (Å²) in [4.78, 5) is 0. The standard InChI is InChI=1S/C9H12FNO2.ClH/c10-7-1-3-8(4-2-7)13-9(5-11)6-12;/h1-4,9,12H,5-6,11H2;1H. The van der Waals surface area contributed by atoms with Crippen LogP contribution in [0, 0.1) is 5.82 Å². The van der Waals surface area contributed by atoms with Crippen LogP contribution in [-0.4, -0.2) is 24.4 Å². The highest BCUT2D eigenvalue weighted by Crippen LogP contribution is 2.12. The van der Waals surface area contributed by atoms with Crippen molar-refractivity contribution in [2.24, 2.45) is 5.73 Å². The van der Waals surface area contributed by atoms with Crippen molar-refractivity contribution in [1.29, 1.82) is 0 Å². The average molecular weight is 222 g/mol. The van der Waals surface area contributed by atoms with E-state index in [1.165, 1.54) is 24.3 Å². The van der Waals surface area contributed by atoms with E-state index in [1.54, 1.807) is 0 Å². The molecule has 0 fully saturated rings. The molecule has 1 aromatic carbocycles. The van der Waals surface area contributed by atoms with Crippen LogP contribution in [-0.2, 0) is 0 Å². The van der Waals surface area contributed by atoms with Crippen LogP contribution in [0.1, 0.15) is 0 Å². The number of ether oxygens (including phenoxy) is 1. The van der Waals surface area contributed by atoms with Crippen LogP contribution in [0.25, 0.3) is 0 Å². The van der Waals surface area contributed by atoms with Gasteiger partial charge in [0.1, 0.15) is 17.7 Å². The van der Waals surface area contributed by atoms with Gasteiger partial charge in [0.25, 0.3) is 0 Å². The van der Waals surface area contributed by atoms with Gasteiger partial charge < -0.3 is 15.6 Å². The van der Waals surface area contributed by atoms with E-state index in [-0.39, 0.29) is 31.4 Å². The molecule has 0 aliphatic rings. The maximum absolute atomic E-state index is 12.5. The Bertz CT molecular complexity index is 251. The third-order valence-corrected chi connectivity index (χ3v) is 1.58. The maximum atomic E-state index is 12.5. The van der Waals surface area contributed by atoms with E-state index in [9.17, 15) is 4.39 Å². The Balaban J connectivity index is 0.00000169. The second kappa shape index (κ2) is 6.59. The van der Waals surface area contributed by atoms with Crippen LogP contribution in [0.15, 0.2) is 24.3 Å². The first-order chi connectivity index (χ1) is 6.26. The van der Waals surface area contributed by atoms with Crippen molar-refractivity contribution < 1.29 is 14.2 Å². The molecule has 1 unspecified atom stereocenters. The summed E-state index contributed by atoms with van der Waals surface area (Å²) < 4.78 is 17.7. The van der Waals surface area contributed by atoms with Gasteiger partial charge in [0, 0.05) is 6.54 Å². The summed E-state index contributed by atoms with van der Waals surface area (Å²) in [6.45, 7) is 0.0851. The molecule has 3 nitrogen and oxygen atoms in total. The predicted octanol–water partition coefficient (Wildman–Crippen LogP) is 0.946. The molecule has 0 heterocycles. The molecule has 0 amide bonds. The summed E-state index contributed by atoms with van der Waals surface area (Å²) in [5.74, 6) is 0.187. The van der Waals surface area contributed by atoms with Gasteiger partial charge in [-0.05, 0) is 24.3 Å². The molecule has 1 aromatic rings. The molecular weight excluding hydrogens is 209 g/mol. The summed E-state index contributed by atoms with van der Waals surface area (Å²) >= 11 is 0. The Morgan fingerprint density at radius 3 is 2.36 bits per heavy atom. The molecule has 0 aliphatic carbocycles. The van der Waals surface area contributed by atoms with Crippen LogP contribution >= 0.6 is 12.4 Å². The van der Waals surface area contributed by atoms with E-state index in [0.29, 0.717) is 5.75 Å². The predicted molar refractivity (Wildman–Crippen MR) is 54.2 cm³/mol. The SMILES string of the molecule is Cl.NCC(CO)Oc1ccc(F)cc1. The van der Waals surface area contributed by atoms with Gasteiger partial charge >= 0.3 is 0 Å². The number of hydrogen-bond acceptors (Lipinski definition) is 3. The molecule has 14 heavy (non-hydrogen) atoms. The van der Waals surface area contributed by atoms with Gasteiger partial charge in [0.2, 0.25) is 0 Å².